The molecule has 13 heavy (non-hydrogen) atoms. The zero-order valence-corrected chi connectivity index (χ0v) is 10.1. The molecule has 4 heteroatoms. The largest absolute Gasteiger partial charge is 0.294 e. The molecule has 0 bridgehead atoms. The standard InChI is InChI=1S/C9H7Br2FO/c1-2-9(13)5-3-8(12)7(11)4-6(5)10/h3-4H,2H2,1H3. The van der Waals surface area contributed by atoms with Crippen molar-refractivity contribution in [3.05, 3.63) is 32.5 Å². The first-order valence-electron chi connectivity index (χ1n) is 3.74. The Hall–Kier alpha value is -0.220. The van der Waals surface area contributed by atoms with Gasteiger partial charge < -0.3 is 0 Å². The molecule has 1 aromatic rings. The first kappa shape index (κ1) is 10.9. The van der Waals surface area contributed by atoms with E-state index in [9.17, 15) is 9.18 Å². The molecule has 0 N–H and O–H groups in total. The van der Waals surface area contributed by atoms with Crippen molar-refractivity contribution in [1.29, 1.82) is 0 Å². The smallest absolute Gasteiger partial charge is 0.163 e. The van der Waals surface area contributed by atoms with Crippen molar-refractivity contribution >= 4 is 37.6 Å². The quantitative estimate of drug-likeness (QED) is 0.597. The molecular formula is C9H7Br2FO. The predicted octanol–water partition coefficient (Wildman–Crippen LogP) is 3.94. The van der Waals surface area contributed by atoms with Crippen LogP contribution >= 0.6 is 31.9 Å². The van der Waals surface area contributed by atoms with E-state index in [1.165, 1.54) is 12.1 Å². The van der Waals surface area contributed by atoms with E-state index in [1.807, 2.05) is 0 Å². The molecule has 0 atom stereocenters. The molecule has 0 radical (unpaired) electrons. The Morgan fingerprint density at radius 1 is 1.38 bits per heavy atom. The van der Waals surface area contributed by atoms with Gasteiger partial charge in [0, 0.05) is 16.5 Å². The summed E-state index contributed by atoms with van der Waals surface area (Å²) in [6.07, 6.45) is 0.375. The molecule has 1 nitrogen and oxygen atoms in total. The third-order valence-corrected chi connectivity index (χ3v) is 2.90. The summed E-state index contributed by atoms with van der Waals surface area (Å²) in [5.74, 6) is -0.488. The highest BCUT2D eigenvalue weighted by molar-refractivity contribution is 9.11. The first-order chi connectivity index (χ1) is 6.06. The van der Waals surface area contributed by atoms with Crippen LogP contribution in [-0.2, 0) is 0 Å². The minimum Gasteiger partial charge on any atom is -0.294 e. The number of rotatable bonds is 2. The van der Waals surface area contributed by atoms with Gasteiger partial charge in [0.25, 0.3) is 0 Å². The SMILES string of the molecule is CCC(=O)c1cc(F)c(Br)cc1Br. The summed E-state index contributed by atoms with van der Waals surface area (Å²) in [5, 5.41) is 0. The second-order valence-corrected chi connectivity index (χ2v) is 4.23. The van der Waals surface area contributed by atoms with Gasteiger partial charge in [0.15, 0.2) is 5.78 Å². The first-order valence-corrected chi connectivity index (χ1v) is 5.32. The van der Waals surface area contributed by atoms with E-state index in [1.54, 1.807) is 6.92 Å². The molecule has 0 fully saturated rings. The molecule has 0 unspecified atom stereocenters. The fourth-order valence-corrected chi connectivity index (χ4v) is 2.14. The third kappa shape index (κ3) is 2.38. The summed E-state index contributed by atoms with van der Waals surface area (Å²) < 4.78 is 14.0. The number of benzene rings is 1. The zero-order chi connectivity index (χ0) is 10.0. The zero-order valence-electron chi connectivity index (χ0n) is 6.90. The van der Waals surface area contributed by atoms with Gasteiger partial charge in [0.05, 0.1) is 4.47 Å². The lowest BCUT2D eigenvalue weighted by atomic mass is 10.1. The minimum atomic E-state index is -0.417. The number of carbonyl (C=O) groups is 1. The van der Waals surface area contributed by atoms with Crippen LogP contribution in [-0.4, -0.2) is 5.78 Å². The van der Waals surface area contributed by atoms with Gasteiger partial charge >= 0.3 is 0 Å². The highest BCUT2D eigenvalue weighted by Gasteiger charge is 2.11. The number of hydrogen-bond acceptors (Lipinski definition) is 1. The average Bonchev–Trinajstić information content (AvgIpc) is 2.10. The fraction of sp³-hybridized carbons (Fsp3) is 0.222. The highest BCUT2D eigenvalue weighted by atomic mass is 79.9. The number of hydrogen-bond donors (Lipinski definition) is 0. The number of ketones is 1. The van der Waals surface area contributed by atoms with Crippen molar-refractivity contribution in [2.45, 2.75) is 13.3 Å². The number of Topliss-reactive ketones (excluding diaryl/α,β-unsaturated/α-hetero) is 1. The van der Waals surface area contributed by atoms with Crippen LogP contribution in [0.15, 0.2) is 21.1 Å². The van der Waals surface area contributed by atoms with Crippen LogP contribution in [0.2, 0.25) is 0 Å². The summed E-state index contributed by atoms with van der Waals surface area (Å²) in [6, 6.07) is 2.78. The molecule has 0 aromatic heterocycles. The van der Waals surface area contributed by atoms with Gasteiger partial charge in [-0.2, -0.15) is 0 Å². The van der Waals surface area contributed by atoms with Crippen LogP contribution in [0.25, 0.3) is 0 Å². The molecule has 1 rings (SSSR count). The van der Waals surface area contributed by atoms with Gasteiger partial charge in [-0.25, -0.2) is 4.39 Å². The summed E-state index contributed by atoms with van der Waals surface area (Å²) in [4.78, 5) is 11.3. The fourth-order valence-electron chi connectivity index (χ4n) is 0.927. The maximum Gasteiger partial charge on any atom is 0.163 e. The molecule has 0 heterocycles. The normalized spacial score (nSPS) is 10.2. The molecular weight excluding hydrogens is 303 g/mol. The van der Waals surface area contributed by atoms with Crippen LogP contribution in [0.1, 0.15) is 23.7 Å². The van der Waals surface area contributed by atoms with Gasteiger partial charge in [-0.3, -0.25) is 4.79 Å². The van der Waals surface area contributed by atoms with Crippen LogP contribution in [0.3, 0.4) is 0 Å². The van der Waals surface area contributed by atoms with E-state index in [2.05, 4.69) is 31.9 Å². The van der Waals surface area contributed by atoms with Crippen molar-refractivity contribution in [1.82, 2.24) is 0 Å². The summed E-state index contributed by atoms with van der Waals surface area (Å²) in [5.41, 5.74) is 0.392. The lowest BCUT2D eigenvalue weighted by Crippen LogP contribution is -1.99. The highest BCUT2D eigenvalue weighted by Crippen LogP contribution is 2.25. The lowest BCUT2D eigenvalue weighted by molar-refractivity contribution is 0.0987. The van der Waals surface area contributed by atoms with E-state index in [0.29, 0.717) is 20.9 Å². The van der Waals surface area contributed by atoms with Crippen LogP contribution in [0.5, 0.6) is 0 Å². The van der Waals surface area contributed by atoms with Gasteiger partial charge in [0.2, 0.25) is 0 Å². The molecule has 0 spiro atoms. The molecule has 0 aliphatic rings. The molecule has 0 aliphatic carbocycles. The van der Waals surface area contributed by atoms with Crippen molar-refractivity contribution < 1.29 is 9.18 Å². The van der Waals surface area contributed by atoms with E-state index >= 15 is 0 Å². The number of halogens is 3. The maximum absolute atomic E-state index is 13.0. The van der Waals surface area contributed by atoms with Gasteiger partial charge in [-0.05, 0) is 28.1 Å². The molecule has 0 aliphatic heterocycles. The summed E-state index contributed by atoms with van der Waals surface area (Å²) in [7, 11) is 0. The second-order valence-electron chi connectivity index (χ2n) is 2.52. The summed E-state index contributed by atoms with van der Waals surface area (Å²) >= 11 is 6.24. The Morgan fingerprint density at radius 3 is 2.54 bits per heavy atom. The van der Waals surface area contributed by atoms with Gasteiger partial charge in [0.1, 0.15) is 5.82 Å². The van der Waals surface area contributed by atoms with E-state index in [4.69, 9.17) is 0 Å². The van der Waals surface area contributed by atoms with E-state index < -0.39 is 5.82 Å². The minimum absolute atomic E-state index is 0.0710. The summed E-state index contributed by atoms with van der Waals surface area (Å²) in [6.45, 7) is 1.74. The van der Waals surface area contributed by atoms with Crippen LogP contribution in [0, 0.1) is 5.82 Å². The lowest BCUT2D eigenvalue weighted by Gasteiger charge is -2.03. The Balaban J connectivity index is 3.23. The molecule has 1 aromatic carbocycles. The topological polar surface area (TPSA) is 17.1 Å². The molecule has 0 saturated carbocycles. The van der Waals surface area contributed by atoms with Crippen LogP contribution < -0.4 is 0 Å². The Morgan fingerprint density at radius 2 is 2.00 bits per heavy atom. The molecule has 70 valence electrons. The van der Waals surface area contributed by atoms with Gasteiger partial charge in [-0.1, -0.05) is 22.9 Å². The number of carbonyl (C=O) groups excluding carboxylic acids is 1. The maximum atomic E-state index is 13.0. The van der Waals surface area contributed by atoms with Crippen molar-refractivity contribution in [3.8, 4) is 0 Å². The van der Waals surface area contributed by atoms with E-state index in [-0.39, 0.29) is 5.78 Å². The van der Waals surface area contributed by atoms with Crippen molar-refractivity contribution in [2.24, 2.45) is 0 Å². The molecule has 0 saturated heterocycles. The predicted molar refractivity (Wildman–Crippen MR) is 56.4 cm³/mol. The Kier molecular flexibility index (Phi) is 3.62. The monoisotopic (exact) mass is 308 g/mol. The Labute approximate surface area is 92.6 Å². The van der Waals surface area contributed by atoms with E-state index in [0.717, 1.165) is 0 Å². The molecule has 0 amide bonds. The van der Waals surface area contributed by atoms with Crippen molar-refractivity contribution in [3.63, 3.8) is 0 Å². The van der Waals surface area contributed by atoms with Gasteiger partial charge in [-0.15, -0.1) is 0 Å². The van der Waals surface area contributed by atoms with Crippen molar-refractivity contribution in [2.75, 3.05) is 0 Å². The van der Waals surface area contributed by atoms with Crippen LogP contribution in [0.4, 0.5) is 4.39 Å². The Bertz CT molecular complexity index is 350. The average molecular weight is 310 g/mol. The second kappa shape index (κ2) is 4.33. The third-order valence-electron chi connectivity index (χ3n) is 1.63.